The van der Waals surface area contributed by atoms with E-state index in [4.69, 9.17) is 11.6 Å². The quantitative estimate of drug-likeness (QED) is 0.874. The molecule has 0 aromatic heterocycles. The molecule has 0 aliphatic rings. The second-order valence-corrected chi connectivity index (χ2v) is 5.39. The van der Waals surface area contributed by atoms with Crippen LogP contribution in [0, 0.1) is 12.7 Å². The van der Waals surface area contributed by atoms with Gasteiger partial charge in [-0.15, -0.1) is 0 Å². The van der Waals surface area contributed by atoms with Crippen LogP contribution in [0.25, 0.3) is 0 Å². The van der Waals surface area contributed by atoms with Crippen LogP contribution in [0.1, 0.15) is 40.9 Å². The third-order valence-electron chi connectivity index (χ3n) is 3.38. The molecule has 2 aromatic rings. The van der Waals surface area contributed by atoms with Crippen LogP contribution < -0.4 is 5.32 Å². The number of amides is 1. The molecule has 2 nitrogen and oxygen atoms in total. The topological polar surface area (TPSA) is 29.1 Å². The fourth-order valence-corrected chi connectivity index (χ4v) is 2.37. The molecule has 21 heavy (non-hydrogen) atoms. The van der Waals surface area contributed by atoms with E-state index in [0.717, 1.165) is 12.0 Å². The lowest BCUT2D eigenvalue weighted by Gasteiger charge is -2.18. The van der Waals surface area contributed by atoms with Gasteiger partial charge in [0.05, 0.1) is 6.04 Å². The summed E-state index contributed by atoms with van der Waals surface area (Å²) in [6.45, 7) is 3.63. The van der Waals surface area contributed by atoms with Gasteiger partial charge in [0.1, 0.15) is 5.82 Å². The molecular weight excluding hydrogens is 289 g/mol. The molecule has 110 valence electrons. The van der Waals surface area contributed by atoms with Gasteiger partial charge in [0, 0.05) is 10.6 Å². The molecule has 1 amide bonds. The zero-order chi connectivity index (χ0) is 15.4. The number of hydrogen-bond donors (Lipinski definition) is 1. The summed E-state index contributed by atoms with van der Waals surface area (Å²) in [5.41, 5.74) is 1.87. The average Bonchev–Trinajstić information content (AvgIpc) is 2.47. The SMILES string of the molecule is CCC(NC(=O)c1ccc(F)c(C)c1)c1cccc(Cl)c1. The monoisotopic (exact) mass is 305 g/mol. The van der Waals surface area contributed by atoms with Gasteiger partial charge >= 0.3 is 0 Å². The van der Waals surface area contributed by atoms with Crippen LogP contribution in [-0.4, -0.2) is 5.91 Å². The predicted octanol–water partition coefficient (Wildman–Crippen LogP) is 4.67. The Hall–Kier alpha value is -1.87. The molecule has 0 heterocycles. The van der Waals surface area contributed by atoms with Gasteiger partial charge in [0.2, 0.25) is 0 Å². The molecule has 2 rings (SSSR count). The number of benzene rings is 2. The number of halogens is 2. The Morgan fingerprint density at radius 1 is 1.29 bits per heavy atom. The molecule has 0 bridgehead atoms. The van der Waals surface area contributed by atoms with E-state index in [1.165, 1.54) is 12.1 Å². The number of aryl methyl sites for hydroxylation is 1. The molecule has 0 fully saturated rings. The van der Waals surface area contributed by atoms with Crippen molar-refractivity contribution in [2.75, 3.05) is 0 Å². The van der Waals surface area contributed by atoms with Gasteiger partial charge in [-0.25, -0.2) is 4.39 Å². The van der Waals surface area contributed by atoms with Crippen molar-refractivity contribution in [2.45, 2.75) is 26.3 Å². The Morgan fingerprint density at radius 2 is 2.05 bits per heavy atom. The molecule has 0 spiro atoms. The van der Waals surface area contributed by atoms with E-state index < -0.39 is 0 Å². The molecule has 0 saturated carbocycles. The van der Waals surface area contributed by atoms with E-state index in [0.29, 0.717) is 16.1 Å². The van der Waals surface area contributed by atoms with Crippen molar-refractivity contribution in [3.05, 3.63) is 70.0 Å². The van der Waals surface area contributed by atoms with Crippen LogP contribution in [-0.2, 0) is 0 Å². The van der Waals surface area contributed by atoms with Gasteiger partial charge in [-0.05, 0) is 54.8 Å². The summed E-state index contributed by atoms with van der Waals surface area (Å²) in [6.07, 6.45) is 0.742. The summed E-state index contributed by atoms with van der Waals surface area (Å²) in [6, 6.07) is 11.6. The maximum Gasteiger partial charge on any atom is 0.251 e. The van der Waals surface area contributed by atoms with E-state index in [-0.39, 0.29) is 17.8 Å². The fraction of sp³-hybridized carbons (Fsp3) is 0.235. The minimum atomic E-state index is -0.312. The van der Waals surface area contributed by atoms with Gasteiger partial charge in [-0.1, -0.05) is 30.7 Å². The minimum Gasteiger partial charge on any atom is -0.345 e. The van der Waals surface area contributed by atoms with Crippen molar-refractivity contribution >= 4 is 17.5 Å². The third kappa shape index (κ3) is 3.82. The molecule has 0 aliphatic heterocycles. The fourth-order valence-electron chi connectivity index (χ4n) is 2.17. The number of rotatable bonds is 4. The van der Waals surface area contributed by atoms with Crippen LogP contribution in [0.2, 0.25) is 5.02 Å². The third-order valence-corrected chi connectivity index (χ3v) is 3.62. The number of nitrogens with one attached hydrogen (secondary N) is 1. The van der Waals surface area contributed by atoms with Crippen LogP contribution in [0.15, 0.2) is 42.5 Å². The molecule has 0 radical (unpaired) electrons. The summed E-state index contributed by atoms with van der Waals surface area (Å²) < 4.78 is 13.3. The van der Waals surface area contributed by atoms with Crippen molar-refractivity contribution in [2.24, 2.45) is 0 Å². The van der Waals surface area contributed by atoms with Gasteiger partial charge in [-0.3, -0.25) is 4.79 Å². The smallest absolute Gasteiger partial charge is 0.251 e. The van der Waals surface area contributed by atoms with Crippen molar-refractivity contribution in [3.63, 3.8) is 0 Å². The van der Waals surface area contributed by atoms with E-state index >= 15 is 0 Å². The number of hydrogen-bond acceptors (Lipinski definition) is 1. The first-order chi connectivity index (χ1) is 10.0. The second-order valence-electron chi connectivity index (χ2n) is 4.95. The Labute approximate surface area is 128 Å². The minimum absolute atomic E-state index is 0.124. The average molecular weight is 306 g/mol. The zero-order valence-corrected chi connectivity index (χ0v) is 12.7. The first-order valence-corrected chi connectivity index (χ1v) is 7.21. The standard InChI is InChI=1S/C17H17ClFNO/c1-3-16(12-5-4-6-14(18)10-12)20-17(21)13-7-8-15(19)11(2)9-13/h4-10,16H,3H2,1-2H3,(H,20,21). The van der Waals surface area contributed by atoms with Crippen molar-refractivity contribution in [3.8, 4) is 0 Å². The van der Waals surface area contributed by atoms with Gasteiger partial charge in [0.25, 0.3) is 5.91 Å². The maximum atomic E-state index is 13.3. The molecule has 1 unspecified atom stereocenters. The molecule has 4 heteroatoms. The molecular formula is C17H17ClFNO. The largest absolute Gasteiger partial charge is 0.345 e. The number of carbonyl (C=O) groups is 1. The van der Waals surface area contributed by atoms with Crippen LogP contribution >= 0.6 is 11.6 Å². The molecule has 0 saturated heterocycles. The van der Waals surface area contributed by atoms with Gasteiger partial charge in [0.15, 0.2) is 0 Å². The van der Waals surface area contributed by atoms with E-state index in [1.54, 1.807) is 19.1 Å². The van der Waals surface area contributed by atoms with Crippen LogP contribution in [0.5, 0.6) is 0 Å². The van der Waals surface area contributed by atoms with Gasteiger partial charge < -0.3 is 5.32 Å². The summed E-state index contributed by atoms with van der Waals surface area (Å²) in [4.78, 5) is 12.3. The van der Waals surface area contributed by atoms with E-state index in [2.05, 4.69) is 5.32 Å². The lowest BCUT2D eigenvalue weighted by Crippen LogP contribution is -2.28. The van der Waals surface area contributed by atoms with Gasteiger partial charge in [-0.2, -0.15) is 0 Å². The molecule has 2 aromatic carbocycles. The summed E-state index contributed by atoms with van der Waals surface area (Å²) in [7, 11) is 0. The molecule has 0 aliphatic carbocycles. The normalized spacial score (nSPS) is 12.0. The number of carbonyl (C=O) groups excluding carboxylic acids is 1. The summed E-state index contributed by atoms with van der Waals surface area (Å²) in [5, 5.41) is 3.59. The molecule has 1 atom stereocenters. The lowest BCUT2D eigenvalue weighted by molar-refractivity contribution is 0.0935. The first-order valence-electron chi connectivity index (χ1n) is 6.83. The highest BCUT2D eigenvalue weighted by molar-refractivity contribution is 6.30. The Balaban J connectivity index is 2.18. The second kappa shape index (κ2) is 6.72. The summed E-state index contributed by atoms with van der Waals surface area (Å²) in [5.74, 6) is -0.529. The highest BCUT2D eigenvalue weighted by atomic mass is 35.5. The van der Waals surface area contributed by atoms with Crippen LogP contribution in [0.3, 0.4) is 0 Å². The first kappa shape index (κ1) is 15.5. The highest BCUT2D eigenvalue weighted by Gasteiger charge is 2.15. The Bertz CT molecular complexity index is 657. The van der Waals surface area contributed by atoms with E-state index in [9.17, 15) is 9.18 Å². The lowest BCUT2D eigenvalue weighted by atomic mass is 10.0. The highest BCUT2D eigenvalue weighted by Crippen LogP contribution is 2.21. The molecule has 1 N–H and O–H groups in total. The Kier molecular flexibility index (Phi) is 4.97. The summed E-state index contributed by atoms with van der Waals surface area (Å²) >= 11 is 5.98. The van der Waals surface area contributed by atoms with Crippen LogP contribution in [0.4, 0.5) is 4.39 Å². The maximum absolute atomic E-state index is 13.3. The zero-order valence-electron chi connectivity index (χ0n) is 12.0. The predicted molar refractivity (Wildman–Crippen MR) is 83.1 cm³/mol. The van der Waals surface area contributed by atoms with Crippen molar-refractivity contribution < 1.29 is 9.18 Å². The Morgan fingerprint density at radius 3 is 2.67 bits per heavy atom. The van der Waals surface area contributed by atoms with E-state index in [1.807, 2.05) is 25.1 Å². The van der Waals surface area contributed by atoms with Crippen molar-refractivity contribution in [1.82, 2.24) is 5.32 Å². The van der Waals surface area contributed by atoms with Crippen molar-refractivity contribution in [1.29, 1.82) is 0 Å².